The maximum Gasteiger partial charge on any atom is 0.206 e. The fourth-order valence-electron chi connectivity index (χ4n) is 4.14. The second kappa shape index (κ2) is 10.9. The number of aromatic hydroxyl groups is 1. The quantitative estimate of drug-likeness (QED) is 0.342. The van der Waals surface area contributed by atoms with E-state index in [1.165, 1.54) is 24.2 Å². The molecule has 1 saturated heterocycles. The predicted octanol–water partition coefficient (Wildman–Crippen LogP) is 5.22. The highest BCUT2D eigenvalue weighted by Gasteiger charge is 2.20. The number of nitrogens with two attached hydrogens (primary N) is 1. The number of nitrogens with one attached hydrogen (secondary N) is 1. The van der Waals surface area contributed by atoms with Gasteiger partial charge in [-0.1, -0.05) is 24.7 Å². The summed E-state index contributed by atoms with van der Waals surface area (Å²) in [5, 5.41) is 13.8. The molecule has 1 aliphatic rings. The molecule has 2 heterocycles. The van der Waals surface area contributed by atoms with Crippen molar-refractivity contribution in [3.8, 4) is 11.5 Å². The predicted molar refractivity (Wildman–Crippen MR) is 138 cm³/mol. The Morgan fingerprint density at radius 2 is 1.97 bits per heavy atom. The number of phenols is 1. The third-order valence-corrected chi connectivity index (χ3v) is 7.07. The number of phenolic OH excluding ortho intramolecular Hbond substituents is 1. The Kier molecular flexibility index (Phi) is 7.70. The highest BCUT2D eigenvalue weighted by Crippen LogP contribution is 2.31. The molecule has 3 aromatic rings. The standard InChI is InChI=1S/C26H32N4O3S/c1-3-6-18-15-19(7-12-22(18)31)23(32)24-25(27)29-26(34-24)28-20-8-10-21(11-9-20)33-16-17(2)30-13-4-5-14-30/h7-12,15,17,31H,3-6,13-14,16,27H2,1-2H3,(H,28,29)/t17-/m1/s1. The van der Waals surface area contributed by atoms with E-state index in [0.29, 0.717) is 34.6 Å². The van der Waals surface area contributed by atoms with Crippen LogP contribution in [0.4, 0.5) is 16.6 Å². The number of rotatable bonds is 10. The number of aromatic nitrogens is 1. The average molecular weight is 481 g/mol. The summed E-state index contributed by atoms with van der Waals surface area (Å²) in [4.78, 5) is 20.2. The molecule has 0 saturated carbocycles. The maximum atomic E-state index is 13.0. The molecule has 0 bridgehead atoms. The highest BCUT2D eigenvalue weighted by atomic mass is 32.1. The van der Waals surface area contributed by atoms with Gasteiger partial charge in [0.2, 0.25) is 5.78 Å². The first-order chi connectivity index (χ1) is 16.4. The second-order valence-corrected chi connectivity index (χ2v) is 9.71. The van der Waals surface area contributed by atoms with Crippen molar-refractivity contribution in [1.82, 2.24) is 9.88 Å². The number of thiazole rings is 1. The summed E-state index contributed by atoms with van der Waals surface area (Å²) in [7, 11) is 0. The molecule has 0 unspecified atom stereocenters. The van der Waals surface area contributed by atoms with Gasteiger partial charge in [-0.3, -0.25) is 9.69 Å². The van der Waals surface area contributed by atoms with Crippen LogP contribution in [0.1, 0.15) is 53.9 Å². The molecule has 0 spiro atoms. The van der Waals surface area contributed by atoms with Crippen LogP contribution in [-0.2, 0) is 6.42 Å². The Morgan fingerprint density at radius 1 is 1.24 bits per heavy atom. The Labute approximate surface area is 204 Å². The Hall–Kier alpha value is -3.10. The number of carbonyl (C=O) groups is 1. The van der Waals surface area contributed by atoms with Crippen molar-refractivity contribution in [2.24, 2.45) is 0 Å². The number of ketones is 1. The number of aryl methyl sites for hydroxylation is 1. The van der Waals surface area contributed by atoms with Gasteiger partial charge in [0.15, 0.2) is 5.13 Å². The first kappa shape index (κ1) is 24.0. The summed E-state index contributed by atoms with van der Waals surface area (Å²) in [6.07, 6.45) is 4.13. The van der Waals surface area contributed by atoms with Gasteiger partial charge in [0.05, 0.1) is 0 Å². The molecule has 34 heavy (non-hydrogen) atoms. The van der Waals surface area contributed by atoms with Crippen LogP contribution in [-0.4, -0.2) is 46.5 Å². The van der Waals surface area contributed by atoms with Crippen molar-refractivity contribution in [2.75, 3.05) is 30.7 Å². The lowest BCUT2D eigenvalue weighted by Crippen LogP contribution is -2.34. The van der Waals surface area contributed by atoms with Gasteiger partial charge >= 0.3 is 0 Å². The van der Waals surface area contributed by atoms with Crippen LogP contribution in [0, 0.1) is 0 Å². The minimum Gasteiger partial charge on any atom is -0.508 e. The van der Waals surface area contributed by atoms with E-state index in [9.17, 15) is 9.90 Å². The number of ether oxygens (including phenoxy) is 1. The zero-order valence-corrected chi connectivity index (χ0v) is 20.5. The van der Waals surface area contributed by atoms with Gasteiger partial charge in [0.1, 0.15) is 28.8 Å². The summed E-state index contributed by atoms with van der Waals surface area (Å²) in [6.45, 7) is 7.21. The van der Waals surface area contributed by atoms with E-state index in [-0.39, 0.29) is 17.4 Å². The first-order valence-corrected chi connectivity index (χ1v) is 12.6. The monoisotopic (exact) mass is 480 g/mol. The van der Waals surface area contributed by atoms with Crippen molar-refractivity contribution in [3.63, 3.8) is 0 Å². The van der Waals surface area contributed by atoms with E-state index in [4.69, 9.17) is 10.5 Å². The number of nitrogen functional groups attached to an aromatic ring is 1. The molecule has 0 amide bonds. The number of benzene rings is 2. The normalized spacial score (nSPS) is 14.8. The molecule has 0 aliphatic carbocycles. The molecule has 8 heteroatoms. The van der Waals surface area contributed by atoms with E-state index in [1.54, 1.807) is 18.2 Å². The van der Waals surface area contributed by atoms with Crippen molar-refractivity contribution >= 4 is 33.8 Å². The maximum absolute atomic E-state index is 13.0. The summed E-state index contributed by atoms with van der Waals surface area (Å²) in [5.74, 6) is 1.02. The molecule has 2 aromatic carbocycles. The third-order valence-electron chi connectivity index (χ3n) is 6.08. The van der Waals surface area contributed by atoms with E-state index in [0.717, 1.165) is 36.5 Å². The Morgan fingerprint density at radius 3 is 2.68 bits per heavy atom. The topological polar surface area (TPSA) is 101 Å². The summed E-state index contributed by atoms with van der Waals surface area (Å²) < 4.78 is 5.96. The van der Waals surface area contributed by atoms with E-state index >= 15 is 0 Å². The summed E-state index contributed by atoms with van der Waals surface area (Å²) in [6, 6.07) is 13.0. The van der Waals surface area contributed by atoms with Gasteiger partial charge in [0.25, 0.3) is 0 Å². The smallest absolute Gasteiger partial charge is 0.206 e. The molecule has 4 rings (SSSR count). The van der Waals surface area contributed by atoms with Crippen molar-refractivity contribution in [3.05, 3.63) is 58.5 Å². The van der Waals surface area contributed by atoms with Gasteiger partial charge in [-0.15, -0.1) is 0 Å². The highest BCUT2D eigenvalue weighted by molar-refractivity contribution is 7.18. The Balaban J connectivity index is 1.38. The van der Waals surface area contributed by atoms with E-state index in [2.05, 4.69) is 22.1 Å². The number of hydrogen-bond acceptors (Lipinski definition) is 8. The molecule has 1 fully saturated rings. The van der Waals surface area contributed by atoms with Crippen LogP contribution >= 0.6 is 11.3 Å². The minimum atomic E-state index is -0.198. The van der Waals surface area contributed by atoms with Crippen LogP contribution in [0.2, 0.25) is 0 Å². The number of hydrogen-bond donors (Lipinski definition) is 3. The second-order valence-electron chi connectivity index (χ2n) is 8.71. The molecule has 4 N–H and O–H groups in total. The van der Waals surface area contributed by atoms with Gasteiger partial charge in [-0.2, -0.15) is 0 Å². The van der Waals surface area contributed by atoms with Crippen molar-refractivity contribution < 1.29 is 14.6 Å². The summed E-state index contributed by atoms with van der Waals surface area (Å²) >= 11 is 1.22. The number of nitrogens with zero attached hydrogens (tertiary/aromatic N) is 2. The molecular weight excluding hydrogens is 448 g/mol. The fourth-order valence-corrected chi connectivity index (χ4v) is 5.01. The number of likely N-dealkylation sites (tertiary alicyclic amines) is 1. The van der Waals surface area contributed by atoms with Crippen LogP contribution in [0.3, 0.4) is 0 Å². The lowest BCUT2D eigenvalue weighted by Gasteiger charge is -2.23. The number of carbonyl (C=O) groups excluding carboxylic acids is 1. The van der Waals surface area contributed by atoms with Crippen LogP contribution in [0.25, 0.3) is 0 Å². The molecule has 7 nitrogen and oxygen atoms in total. The SMILES string of the molecule is CCCc1cc(C(=O)c2sc(Nc3ccc(OC[C@@H](C)N4CCCC4)cc3)nc2N)ccc1O. The van der Waals surface area contributed by atoms with E-state index < -0.39 is 0 Å². The van der Waals surface area contributed by atoms with Gasteiger partial charge < -0.3 is 20.9 Å². The molecule has 0 radical (unpaired) electrons. The minimum absolute atomic E-state index is 0.193. The van der Waals surface area contributed by atoms with Gasteiger partial charge in [-0.25, -0.2) is 4.98 Å². The molecular formula is C26H32N4O3S. The third kappa shape index (κ3) is 5.69. The van der Waals surface area contributed by atoms with Crippen molar-refractivity contribution in [1.29, 1.82) is 0 Å². The Bertz CT molecular complexity index is 1120. The fraction of sp³-hybridized carbons (Fsp3) is 0.385. The van der Waals surface area contributed by atoms with E-state index in [1.807, 2.05) is 31.2 Å². The number of anilines is 3. The lowest BCUT2D eigenvalue weighted by molar-refractivity contribution is 0.104. The van der Waals surface area contributed by atoms with Crippen LogP contribution < -0.4 is 15.8 Å². The zero-order valence-electron chi connectivity index (χ0n) is 19.7. The summed E-state index contributed by atoms with van der Waals surface area (Å²) in [5.41, 5.74) is 8.15. The van der Waals surface area contributed by atoms with Gasteiger partial charge in [-0.05, 0) is 87.3 Å². The first-order valence-electron chi connectivity index (χ1n) is 11.8. The van der Waals surface area contributed by atoms with Crippen molar-refractivity contribution in [2.45, 2.75) is 45.6 Å². The molecule has 1 aromatic heterocycles. The van der Waals surface area contributed by atoms with Gasteiger partial charge in [0, 0.05) is 17.3 Å². The molecule has 1 atom stereocenters. The zero-order chi connectivity index (χ0) is 24.1. The molecule has 1 aliphatic heterocycles. The lowest BCUT2D eigenvalue weighted by atomic mass is 10.0. The largest absolute Gasteiger partial charge is 0.508 e. The van der Waals surface area contributed by atoms with Crippen LogP contribution in [0.5, 0.6) is 11.5 Å². The average Bonchev–Trinajstić information content (AvgIpc) is 3.50. The molecule has 180 valence electrons. The van der Waals surface area contributed by atoms with Crippen LogP contribution in [0.15, 0.2) is 42.5 Å².